The summed E-state index contributed by atoms with van der Waals surface area (Å²) in [6.07, 6.45) is 0.325. The van der Waals surface area contributed by atoms with E-state index in [4.69, 9.17) is 9.94 Å². The second kappa shape index (κ2) is 9.22. The van der Waals surface area contributed by atoms with Crippen molar-refractivity contribution < 1.29 is 19.5 Å². The molecule has 1 atom stereocenters. The summed E-state index contributed by atoms with van der Waals surface area (Å²) in [4.78, 5) is 24.2. The van der Waals surface area contributed by atoms with Gasteiger partial charge in [-0.25, -0.2) is 9.59 Å². The molecule has 1 unspecified atom stereocenters. The van der Waals surface area contributed by atoms with Gasteiger partial charge in [-0.2, -0.15) is 0 Å². The lowest BCUT2D eigenvalue weighted by atomic mass is 10.1. The molecular weight excluding hydrogens is 334 g/mol. The summed E-state index contributed by atoms with van der Waals surface area (Å²) in [5, 5.41) is 17.2. The van der Waals surface area contributed by atoms with Gasteiger partial charge in [0.05, 0.1) is 12.8 Å². The Morgan fingerprint density at radius 3 is 2.35 bits per heavy atom. The highest BCUT2D eigenvalue weighted by molar-refractivity contribution is 5.99. The zero-order chi connectivity index (χ0) is 18.9. The fourth-order valence-corrected chi connectivity index (χ4v) is 2.36. The minimum atomic E-state index is -0.801. The molecule has 0 radical (unpaired) electrons. The molecule has 3 N–H and O–H groups in total. The third kappa shape index (κ3) is 5.34. The van der Waals surface area contributed by atoms with Crippen LogP contribution in [-0.2, 0) is 16.0 Å². The monoisotopic (exact) mass is 355 g/mol. The molecule has 0 aliphatic carbocycles. The Kier molecular flexibility index (Phi) is 6.73. The largest absolute Gasteiger partial charge is 0.467 e. The Morgan fingerprint density at radius 1 is 1.12 bits per heavy atom. The maximum Gasteiger partial charge on any atom is 0.328 e. The zero-order valence-electron chi connectivity index (χ0n) is 14.6. The van der Waals surface area contributed by atoms with Gasteiger partial charge in [0.15, 0.2) is 0 Å². The molecule has 2 aromatic carbocycles. The number of esters is 1. The number of ether oxygens (including phenoxy) is 1. The minimum Gasteiger partial charge on any atom is -0.467 e. The minimum absolute atomic E-state index is 0.325. The van der Waals surface area contributed by atoms with Crippen LogP contribution in [0.5, 0.6) is 0 Å². The van der Waals surface area contributed by atoms with Crippen molar-refractivity contribution in [3.05, 3.63) is 65.7 Å². The molecule has 26 heavy (non-hydrogen) atoms. The first-order chi connectivity index (χ1) is 12.5. The van der Waals surface area contributed by atoms with Crippen LogP contribution < -0.4 is 10.6 Å². The highest BCUT2D eigenvalue weighted by atomic mass is 16.5. The maximum absolute atomic E-state index is 12.2. The van der Waals surface area contributed by atoms with Crippen molar-refractivity contribution >= 4 is 23.4 Å². The van der Waals surface area contributed by atoms with Crippen molar-refractivity contribution in [2.24, 2.45) is 5.16 Å². The van der Waals surface area contributed by atoms with Crippen molar-refractivity contribution in [2.45, 2.75) is 19.4 Å². The smallest absolute Gasteiger partial charge is 0.328 e. The van der Waals surface area contributed by atoms with Gasteiger partial charge in [0.2, 0.25) is 0 Å². The van der Waals surface area contributed by atoms with Crippen LogP contribution in [0.25, 0.3) is 0 Å². The molecule has 2 amide bonds. The predicted octanol–water partition coefficient (Wildman–Crippen LogP) is 2.79. The number of carbonyl (C=O) groups excluding carboxylic acids is 2. The molecule has 7 heteroatoms. The van der Waals surface area contributed by atoms with Crippen molar-refractivity contribution in [3.63, 3.8) is 0 Å². The summed E-state index contributed by atoms with van der Waals surface area (Å²) < 4.78 is 4.77. The van der Waals surface area contributed by atoms with Crippen LogP contribution in [0.2, 0.25) is 0 Å². The molecule has 7 nitrogen and oxygen atoms in total. The van der Waals surface area contributed by atoms with Crippen molar-refractivity contribution in [3.8, 4) is 0 Å². The molecule has 0 aliphatic heterocycles. The summed E-state index contributed by atoms with van der Waals surface area (Å²) in [6, 6.07) is 14.8. The first-order valence-corrected chi connectivity index (χ1v) is 8.02. The normalized spacial score (nSPS) is 12.2. The van der Waals surface area contributed by atoms with E-state index in [-0.39, 0.29) is 0 Å². The van der Waals surface area contributed by atoms with E-state index >= 15 is 0 Å². The number of urea groups is 1. The van der Waals surface area contributed by atoms with Crippen LogP contribution in [0.3, 0.4) is 0 Å². The summed E-state index contributed by atoms with van der Waals surface area (Å²) in [7, 11) is 1.28. The SMILES string of the molecule is COC(=O)C(Cc1ccccc1)NC(=O)Nc1ccc(/C(C)=N/O)cc1. The molecular formula is C19H21N3O4. The van der Waals surface area contributed by atoms with Gasteiger partial charge in [0, 0.05) is 12.1 Å². The number of hydrogen-bond acceptors (Lipinski definition) is 5. The molecule has 0 aliphatic rings. The average Bonchev–Trinajstić information content (AvgIpc) is 2.67. The molecule has 136 valence electrons. The summed E-state index contributed by atoms with van der Waals surface area (Å²) in [6.45, 7) is 1.67. The van der Waals surface area contributed by atoms with E-state index in [0.717, 1.165) is 11.1 Å². The molecule has 0 spiro atoms. The van der Waals surface area contributed by atoms with E-state index in [1.807, 2.05) is 30.3 Å². The molecule has 0 heterocycles. The van der Waals surface area contributed by atoms with Crippen molar-refractivity contribution in [1.82, 2.24) is 5.32 Å². The van der Waals surface area contributed by atoms with Crippen molar-refractivity contribution in [2.75, 3.05) is 12.4 Å². The van der Waals surface area contributed by atoms with Gasteiger partial charge in [0.1, 0.15) is 6.04 Å². The second-order valence-corrected chi connectivity index (χ2v) is 5.63. The Labute approximate surface area is 151 Å². The van der Waals surface area contributed by atoms with Crippen LogP contribution >= 0.6 is 0 Å². The van der Waals surface area contributed by atoms with E-state index in [1.54, 1.807) is 31.2 Å². The number of oxime groups is 1. The lowest BCUT2D eigenvalue weighted by Crippen LogP contribution is -2.45. The quantitative estimate of drug-likeness (QED) is 0.321. The van der Waals surface area contributed by atoms with Crippen LogP contribution in [0, 0.1) is 0 Å². The van der Waals surface area contributed by atoms with E-state index in [1.165, 1.54) is 7.11 Å². The number of nitrogens with zero attached hydrogens (tertiary/aromatic N) is 1. The summed E-state index contributed by atoms with van der Waals surface area (Å²) in [5.41, 5.74) is 2.65. The topological polar surface area (TPSA) is 100 Å². The van der Waals surface area contributed by atoms with Crippen LogP contribution in [0.15, 0.2) is 59.8 Å². The third-order valence-corrected chi connectivity index (χ3v) is 3.78. The molecule has 0 bridgehead atoms. The van der Waals surface area contributed by atoms with E-state index in [2.05, 4.69) is 15.8 Å². The highest BCUT2D eigenvalue weighted by Gasteiger charge is 2.22. The lowest BCUT2D eigenvalue weighted by molar-refractivity contribution is -0.142. The number of hydrogen-bond donors (Lipinski definition) is 3. The van der Waals surface area contributed by atoms with Gasteiger partial charge in [0.25, 0.3) is 0 Å². The molecule has 0 saturated carbocycles. The van der Waals surface area contributed by atoms with Gasteiger partial charge < -0.3 is 20.6 Å². The Hall–Kier alpha value is -3.35. The van der Waals surface area contributed by atoms with Crippen LogP contribution in [0.4, 0.5) is 10.5 Å². The summed E-state index contributed by atoms with van der Waals surface area (Å²) >= 11 is 0. The number of methoxy groups -OCH3 is 1. The number of rotatable bonds is 6. The van der Waals surface area contributed by atoms with Crippen molar-refractivity contribution in [1.29, 1.82) is 0 Å². The molecule has 0 saturated heterocycles. The molecule has 2 aromatic rings. The highest BCUT2D eigenvalue weighted by Crippen LogP contribution is 2.11. The number of carbonyl (C=O) groups is 2. The van der Waals surface area contributed by atoms with Gasteiger partial charge >= 0.3 is 12.0 Å². The van der Waals surface area contributed by atoms with E-state index in [9.17, 15) is 9.59 Å². The van der Waals surface area contributed by atoms with Crippen LogP contribution in [0.1, 0.15) is 18.1 Å². The predicted molar refractivity (Wildman–Crippen MR) is 98.5 cm³/mol. The lowest BCUT2D eigenvalue weighted by Gasteiger charge is -2.17. The number of benzene rings is 2. The first kappa shape index (κ1) is 19.0. The first-order valence-electron chi connectivity index (χ1n) is 8.02. The van der Waals surface area contributed by atoms with Gasteiger partial charge in [-0.05, 0) is 30.2 Å². The number of amides is 2. The third-order valence-electron chi connectivity index (χ3n) is 3.78. The van der Waals surface area contributed by atoms with Gasteiger partial charge in [-0.15, -0.1) is 0 Å². The Balaban J connectivity index is 2.01. The molecule has 2 rings (SSSR count). The fraction of sp³-hybridized carbons (Fsp3) is 0.211. The molecule has 0 fully saturated rings. The second-order valence-electron chi connectivity index (χ2n) is 5.63. The Bertz CT molecular complexity index is 773. The fourth-order valence-electron chi connectivity index (χ4n) is 2.36. The standard InChI is InChI=1S/C19H21N3O4/c1-13(22-25)15-8-10-16(11-9-15)20-19(24)21-17(18(23)26-2)12-14-6-4-3-5-7-14/h3-11,17,25H,12H2,1-2H3,(H2,20,21,24)/b22-13+. The van der Waals surface area contributed by atoms with Crippen LogP contribution in [-0.4, -0.2) is 36.1 Å². The zero-order valence-corrected chi connectivity index (χ0v) is 14.6. The number of anilines is 1. The molecule has 0 aromatic heterocycles. The van der Waals surface area contributed by atoms with E-state index in [0.29, 0.717) is 17.8 Å². The van der Waals surface area contributed by atoms with Gasteiger partial charge in [-0.3, -0.25) is 0 Å². The average molecular weight is 355 g/mol. The van der Waals surface area contributed by atoms with Gasteiger partial charge in [-0.1, -0.05) is 47.6 Å². The number of nitrogens with one attached hydrogen (secondary N) is 2. The summed E-state index contributed by atoms with van der Waals surface area (Å²) in [5.74, 6) is -0.519. The Morgan fingerprint density at radius 2 is 1.77 bits per heavy atom. The van der Waals surface area contributed by atoms with E-state index < -0.39 is 18.0 Å². The maximum atomic E-state index is 12.2.